The molecule has 0 aliphatic heterocycles. The third kappa shape index (κ3) is 5.09. The van der Waals surface area contributed by atoms with Crippen LogP contribution in [0.3, 0.4) is 0 Å². The molecule has 3 N–H and O–H groups in total. The molecular formula is C20H5Br4I4NaO5+2. The largest absolute Gasteiger partial charge is 1.00 e. The van der Waals surface area contributed by atoms with Crippen molar-refractivity contribution in [1.29, 1.82) is 0 Å². The molecule has 0 fully saturated rings. The van der Waals surface area contributed by atoms with E-state index >= 15 is 0 Å². The second-order valence-electron chi connectivity index (χ2n) is 6.58. The maximum Gasteiger partial charge on any atom is 1.00 e. The van der Waals surface area contributed by atoms with E-state index in [-0.39, 0.29) is 46.6 Å². The molecule has 14 heteroatoms. The molecule has 1 heterocycles. The number of carboxylic acid groups (broad SMARTS) is 1. The maximum atomic E-state index is 12.5. The minimum absolute atomic E-state index is 0. The number of aromatic carboxylic acids is 1. The van der Waals surface area contributed by atoms with Crippen LogP contribution >= 0.6 is 154 Å². The Kier molecular flexibility index (Phi) is 10.7. The molecule has 0 bridgehead atoms. The summed E-state index contributed by atoms with van der Waals surface area (Å²) in [6.07, 6.45) is 0. The number of hydrogen-bond donors (Lipinski definition) is 3. The first-order chi connectivity index (χ1) is 15.4. The smallest absolute Gasteiger partial charge is 0.505 e. The Labute approximate surface area is 302 Å². The van der Waals surface area contributed by atoms with Crippen molar-refractivity contribution in [3.05, 3.63) is 49.9 Å². The monoisotopic (exact) mass is 1170 g/mol. The number of benzene rings is 3. The summed E-state index contributed by atoms with van der Waals surface area (Å²) in [4.78, 5) is 12.5. The zero-order valence-corrected chi connectivity index (χ0v) is 33.3. The Morgan fingerprint density at radius 2 is 1.15 bits per heavy atom. The van der Waals surface area contributed by atoms with E-state index in [0.717, 1.165) is 0 Å². The fourth-order valence-electron chi connectivity index (χ4n) is 3.34. The van der Waals surface area contributed by atoms with Gasteiger partial charge in [0.05, 0.1) is 23.5 Å². The van der Waals surface area contributed by atoms with Gasteiger partial charge in [0.1, 0.15) is 0 Å². The summed E-state index contributed by atoms with van der Waals surface area (Å²) in [5.74, 6) is -0.990. The van der Waals surface area contributed by atoms with Crippen LogP contribution in [0.4, 0.5) is 0 Å². The summed E-state index contributed by atoms with van der Waals surface area (Å²) >= 11 is 22.1. The molecule has 0 saturated carbocycles. The fourth-order valence-corrected chi connectivity index (χ4v) is 9.40. The van der Waals surface area contributed by atoms with Crippen molar-refractivity contribution in [3.8, 4) is 22.6 Å². The summed E-state index contributed by atoms with van der Waals surface area (Å²) in [7, 11) is 0. The molecule has 3 aromatic carbocycles. The molecule has 1 aromatic heterocycles. The molecule has 0 aliphatic carbocycles. The van der Waals surface area contributed by atoms with E-state index in [2.05, 4.69) is 63.7 Å². The minimum atomic E-state index is -1.13. The van der Waals surface area contributed by atoms with Crippen LogP contribution in [0.2, 0.25) is 0 Å². The molecular weight excluding hydrogens is 1170 g/mol. The Balaban J connectivity index is 0.00000324. The van der Waals surface area contributed by atoms with Crippen molar-refractivity contribution in [1.82, 2.24) is 0 Å². The van der Waals surface area contributed by atoms with E-state index in [4.69, 9.17) is 4.42 Å². The molecule has 170 valence electrons. The van der Waals surface area contributed by atoms with Crippen molar-refractivity contribution in [2.75, 3.05) is 0 Å². The van der Waals surface area contributed by atoms with E-state index in [9.17, 15) is 20.1 Å². The van der Waals surface area contributed by atoms with E-state index in [0.29, 0.717) is 65.2 Å². The first-order valence-electron chi connectivity index (χ1n) is 8.45. The predicted molar refractivity (Wildman–Crippen MR) is 176 cm³/mol. The van der Waals surface area contributed by atoms with Crippen molar-refractivity contribution in [3.63, 3.8) is 0 Å². The second kappa shape index (κ2) is 11.8. The van der Waals surface area contributed by atoms with E-state index in [1.54, 1.807) is 12.1 Å². The average Bonchev–Trinajstić information content (AvgIpc) is 2.76. The van der Waals surface area contributed by atoms with Gasteiger partial charge >= 0.3 is 46.7 Å². The van der Waals surface area contributed by atoms with Gasteiger partial charge in [-0.3, -0.25) is 0 Å². The van der Waals surface area contributed by atoms with Crippen molar-refractivity contribution < 1.29 is 54.1 Å². The molecule has 0 amide bonds. The summed E-state index contributed by atoms with van der Waals surface area (Å²) in [5.41, 5.74) is 1.82. The van der Waals surface area contributed by atoms with E-state index in [1.807, 2.05) is 90.4 Å². The molecule has 5 nitrogen and oxygen atoms in total. The Morgan fingerprint density at radius 1 is 0.735 bits per heavy atom. The molecule has 4 rings (SSSR count). The molecule has 0 unspecified atom stereocenters. The third-order valence-corrected chi connectivity index (χ3v) is 13.2. The number of phenols is 2. The van der Waals surface area contributed by atoms with Gasteiger partial charge in [-0.05, 0) is 166 Å². The van der Waals surface area contributed by atoms with Crippen molar-refractivity contribution in [2.24, 2.45) is 0 Å². The normalized spacial score (nSPS) is 11.2. The van der Waals surface area contributed by atoms with Crippen LogP contribution in [0.15, 0.2) is 34.4 Å². The van der Waals surface area contributed by atoms with Gasteiger partial charge in [0, 0.05) is 29.0 Å². The van der Waals surface area contributed by atoms with Crippen LogP contribution < -0.4 is 29.6 Å². The van der Waals surface area contributed by atoms with Gasteiger partial charge < -0.3 is 15.3 Å². The van der Waals surface area contributed by atoms with Crippen LogP contribution in [0.1, 0.15) is 10.4 Å². The summed E-state index contributed by atoms with van der Waals surface area (Å²) in [6.45, 7) is 0. The standard InChI is InChI=1S/C20H4Br4I4O5.Na/c21-10-8(9(20(31)32)11(22)13(24)12(10)23)7-3-1-5(25)16(29)14(27)18(3)33-19-4(7)2-6(26)17(30)15(19)28;/h1-2H,(H2-,29,30,31,32);/q;+1/p+1. The van der Waals surface area contributed by atoms with Crippen LogP contribution in [0.5, 0.6) is 11.5 Å². The Hall–Kier alpha value is 2.24. The van der Waals surface area contributed by atoms with Crippen molar-refractivity contribution >= 4 is 182 Å². The van der Waals surface area contributed by atoms with E-state index in [1.165, 1.54) is 0 Å². The molecule has 0 radical (unpaired) electrons. The molecule has 0 atom stereocenters. The van der Waals surface area contributed by atoms with Crippen LogP contribution in [0, 0.1) is 14.3 Å². The second-order valence-corrected chi connectivity index (χ2v) is 14.2. The number of phenolic OH excluding ortho intramolecular Hbond substituents is 2. The van der Waals surface area contributed by atoms with Gasteiger partial charge in [0.15, 0.2) is 18.6 Å². The van der Waals surface area contributed by atoms with Crippen LogP contribution in [-0.2, 0) is 0 Å². The Morgan fingerprint density at radius 3 is 1.56 bits per heavy atom. The number of halogens is 8. The number of fused-ring (bicyclic) bond motifs is 2. The quantitative estimate of drug-likeness (QED) is 0.0498. The first kappa shape index (κ1) is 30.8. The van der Waals surface area contributed by atoms with Gasteiger partial charge in [0.2, 0.25) is 0 Å². The number of aromatic hydroxyl groups is 2. The van der Waals surface area contributed by atoms with E-state index < -0.39 is 5.97 Å². The number of carboxylic acids is 1. The third-order valence-electron chi connectivity index (χ3n) is 4.77. The van der Waals surface area contributed by atoms with Gasteiger partial charge in [-0.1, -0.05) is 0 Å². The topological polar surface area (TPSA) is 89.1 Å². The van der Waals surface area contributed by atoms with Gasteiger partial charge in [-0.2, -0.15) is 0 Å². The molecule has 0 spiro atoms. The summed E-state index contributed by atoms with van der Waals surface area (Å²) in [5, 5.41) is 32.6. The first-order valence-corrected chi connectivity index (χ1v) is 15.9. The fraction of sp³-hybridized carbons (Fsp3) is 0. The maximum absolute atomic E-state index is 12.5. The molecule has 4 aromatic rings. The zero-order chi connectivity index (χ0) is 24.5. The summed E-state index contributed by atoms with van der Waals surface area (Å²) < 4.78 is 10.4. The van der Waals surface area contributed by atoms with Gasteiger partial charge in [-0.25, -0.2) is 9.21 Å². The molecule has 0 saturated heterocycles. The Bertz CT molecular complexity index is 1490. The zero-order valence-electron chi connectivity index (χ0n) is 16.3. The van der Waals surface area contributed by atoms with Gasteiger partial charge in [-0.15, -0.1) is 0 Å². The van der Waals surface area contributed by atoms with Crippen LogP contribution in [0.25, 0.3) is 33.1 Å². The average molecular weight is 1180 g/mol. The number of hydrogen-bond acceptors (Lipinski definition) is 3. The van der Waals surface area contributed by atoms with Gasteiger partial charge in [0.25, 0.3) is 0 Å². The molecule has 34 heavy (non-hydrogen) atoms. The van der Waals surface area contributed by atoms with Crippen LogP contribution in [-0.4, -0.2) is 21.3 Å². The number of rotatable bonds is 2. The SMILES string of the molecule is O=C(O)c1c(Br)c(Br)c(Br)c(Br)c1-c1c2cc(I)c(O)c(I)c2[o+]c2c(I)c(O)c(I)cc12.[Na+]. The molecule has 0 aliphatic rings. The minimum Gasteiger partial charge on any atom is -0.505 e. The summed E-state index contributed by atoms with van der Waals surface area (Å²) in [6, 6.07) is 3.53. The predicted octanol–water partition coefficient (Wildman–Crippen LogP) is 7.12. The number of carbonyl (C=O) groups is 1. The van der Waals surface area contributed by atoms with Crippen molar-refractivity contribution in [2.45, 2.75) is 0 Å².